The molecule has 3 N–H and O–H groups in total. The molecule has 22 heavy (non-hydrogen) atoms. The van der Waals surface area contributed by atoms with Gasteiger partial charge in [-0.15, -0.1) is 11.3 Å². The third kappa shape index (κ3) is 2.88. The standard InChI is InChI=1S/C14H9BrFN3O2S/c15-7-4-10(17-6-7)13(20)18-19-14(21)12-5-8-9(16)2-1-3-11(8)22-12/h1-6,17H,(H,18,20)(H,19,21). The molecule has 2 amide bonds. The van der Waals surface area contributed by atoms with E-state index in [2.05, 4.69) is 31.8 Å². The highest BCUT2D eigenvalue weighted by Crippen LogP contribution is 2.27. The van der Waals surface area contributed by atoms with Crippen LogP contribution in [0.3, 0.4) is 0 Å². The van der Waals surface area contributed by atoms with Crippen LogP contribution >= 0.6 is 27.3 Å². The molecular formula is C14H9BrFN3O2S. The molecule has 5 nitrogen and oxygen atoms in total. The zero-order chi connectivity index (χ0) is 15.7. The number of hydrogen-bond donors (Lipinski definition) is 3. The van der Waals surface area contributed by atoms with E-state index < -0.39 is 11.8 Å². The van der Waals surface area contributed by atoms with E-state index in [1.807, 2.05) is 0 Å². The van der Waals surface area contributed by atoms with Crippen molar-refractivity contribution < 1.29 is 14.0 Å². The highest BCUT2D eigenvalue weighted by molar-refractivity contribution is 9.10. The predicted octanol–water partition coefficient (Wildman–Crippen LogP) is 3.21. The van der Waals surface area contributed by atoms with Crippen molar-refractivity contribution in [2.45, 2.75) is 0 Å². The number of hydrogen-bond acceptors (Lipinski definition) is 3. The summed E-state index contributed by atoms with van der Waals surface area (Å²) in [7, 11) is 0. The second kappa shape index (κ2) is 5.90. The molecule has 2 aromatic heterocycles. The number of aromatic amines is 1. The first-order valence-corrected chi connectivity index (χ1v) is 7.78. The van der Waals surface area contributed by atoms with Crippen molar-refractivity contribution in [3.8, 4) is 0 Å². The first-order chi connectivity index (χ1) is 10.5. The highest BCUT2D eigenvalue weighted by Gasteiger charge is 2.14. The van der Waals surface area contributed by atoms with E-state index in [0.29, 0.717) is 20.7 Å². The molecule has 0 saturated heterocycles. The average Bonchev–Trinajstić information content (AvgIpc) is 3.11. The van der Waals surface area contributed by atoms with Gasteiger partial charge in [0.15, 0.2) is 0 Å². The van der Waals surface area contributed by atoms with Gasteiger partial charge in [-0.3, -0.25) is 20.4 Å². The van der Waals surface area contributed by atoms with Gasteiger partial charge in [-0.05, 0) is 40.2 Å². The summed E-state index contributed by atoms with van der Waals surface area (Å²) in [6, 6.07) is 7.69. The Morgan fingerprint density at radius 2 is 1.95 bits per heavy atom. The number of thiophene rings is 1. The van der Waals surface area contributed by atoms with Gasteiger partial charge >= 0.3 is 0 Å². The van der Waals surface area contributed by atoms with Crippen molar-refractivity contribution >= 4 is 49.2 Å². The molecule has 0 spiro atoms. The Morgan fingerprint density at radius 1 is 1.18 bits per heavy atom. The Morgan fingerprint density at radius 3 is 2.64 bits per heavy atom. The van der Waals surface area contributed by atoms with Crippen LogP contribution in [0.1, 0.15) is 20.2 Å². The third-order valence-electron chi connectivity index (χ3n) is 2.91. The van der Waals surface area contributed by atoms with Crippen LogP contribution in [-0.4, -0.2) is 16.8 Å². The van der Waals surface area contributed by atoms with E-state index in [-0.39, 0.29) is 5.82 Å². The number of hydrazine groups is 1. The van der Waals surface area contributed by atoms with E-state index in [0.717, 1.165) is 15.8 Å². The molecule has 2 heterocycles. The molecule has 8 heteroatoms. The Kier molecular flexibility index (Phi) is 3.95. The molecule has 0 aliphatic heterocycles. The Balaban J connectivity index is 1.71. The number of rotatable bonds is 2. The van der Waals surface area contributed by atoms with Crippen molar-refractivity contribution in [3.05, 3.63) is 57.4 Å². The fraction of sp³-hybridized carbons (Fsp3) is 0. The summed E-state index contributed by atoms with van der Waals surface area (Å²) in [5.41, 5.74) is 4.89. The van der Waals surface area contributed by atoms with Crippen LogP contribution in [0.2, 0.25) is 0 Å². The lowest BCUT2D eigenvalue weighted by molar-refractivity contribution is 0.0846. The maximum absolute atomic E-state index is 13.6. The molecule has 0 aliphatic rings. The Bertz CT molecular complexity index is 874. The molecule has 0 saturated carbocycles. The Labute approximate surface area is 136 Å². The lowest BCUT2D eigenvalue weighted by atomic mass is 10.2. The first-order valence-electron chi connectivity index (χ1n) is 6.17. The van der Waals surface area contributed by atoms with Crippen molar-refractivity contribution in [2.24, 2.45) is 0 Å². The maximum Gasteiger partial charge on any atom is 0.286 e. The van der Waals surface area contributed by atoms with Gasteiger partial charge in [0.2, 0.25) is 0 Å². The molecule has 3 aromatic rings. The van der Waals surface area contributed by atoms with Gasteiger partial charge in [0.1, 0.15) is 11.5 Å². The van der Waals surface area contributed by atoms with E-state index >= 15 is 0 Å². The molecule has 0 bridgehead atoms. The number of nitrogens with one attached hydrogen (secondary N) is 3. The summed E-state index contributed by atoms with van der Waals surface area (Å²) in [4.78, 5) is 26.8. The number of H-pyrrole nitrogens is 1. The van der Waals surface area contributed by atoms with Crippen LogP contribution in [0.15, 0.2) is 41.0 Å². The van der Waals surface area contributed by atoms with Gasteiger partial charge in [0, 0.05) is 20.8 Å². The summed E-state index contributed by atoms with van der Waals surface area (Å²) in [6.07, 6.45) is 1.60. The summed E-state index contributed by atoms with van der Waals surface area (Å²) in [6.45, 7) is 0. The van der Waals surface area contributed by atoms with E-state index in [1.165, 1.54) is 12.1 Å². The number of carbonyl (C=O) groups excluding carboxylic acids is 2. The van der Waals surface area contributed by atoms with E-state index in [4.69, 9.17) is 0 Å². The first kappa shape index (κ1) is 14.7. The number of aromatic nitrogens is 1. The monoisotopic (exact) mass is 381 g/mol. The lowest BCUT2D eigenvalue weighted by Crippen LogP contribution is -2.41. The van der Waals surface area contributed by atoms with Crippen molar-refractivity contribution in [2.75, 3.05) is 0 Å². The third-order valence-corrected chi connectivity index (χ3v) is 4.47. The summed E-state index contributed by atoms with van der Waals surface area (Å²) < 4.78 is 15.0. The van der Waals surface area contributed by atoms with Crippen molar-refractivity contribution in [1.82, 2.24) is 15.8 Å². The van der Waals surface area contributed by atoms with Crippen LogP contribution in [0, 0.1) is 5.82 Å². The minimum absolute atomic E-state index is 0.301. The van der Waals surface area contributed by atoms with Crippen molar-refractivity contribution in [3.63, 3.8) is 0 Å². The number of fused-ring (bicyclic) bond motifs is 1. The van der Waals surface area contributed by atoms with E-state index in [1.54, 1.807) is 24.4 Å². The lowest BCUT2D eigenvalue weighted by Gasteiger charge is -2.04. The molecule has 0 unspecified atom stereocenters. The zero-order valence-electron chi connectivity index (χ0n) is 10.9. The van der Waals surface area contributed by atoms with Crippen LogP contribution in [0.5, 0.6) is 0 Å². The summed E-state index contributed by atoms with van der Waals surface area (Å²) >= 11 is 4.36. The zero-order valence-corrected chi connectivity index (χ0v) is 13.3. The van der Waals surface area contributed by atoms with Gasteiger partial charge < -0.3 is 4.98 Å². The summed E-state index contributed by atoms with van der Waals surface area (Å²) in [5, 5.41) is 0.386. The summed E-state index contributed by atoms with van der Waals surface area (Å²) in [5.74, 6) is -1.36. The number of halogens is 2. The van der Waals surface area contributed by atoms with Crippen LogP contribution in [0.25, 0.3) is 10.1 Å². The quantitative estimate of drug-likeness (QED) is 0.596. The number of amides is 2. The second-order valence-electron chi connectivity index (χ2n) is 4.40. The van der Waals surface area contributed by atoms with Gasteiger partial charge in [0.05, 0.1) is 4.88 Å². The molecule has 1 aromatic carbocycles. The van der Waals surface area contributed by atoms with E-state index in [9.17, 15) is 14.0 Å². The molecule has 3 rings (SSSR count). The molecule has 0 aliphatic carbocycles. The fourth-order valence-corrected chi connectivity index (χ4v) is 3.19. The maximum atomic E-state index is 13.6. The number of carbonyl (C=O) groups is 2. The molecule has 112 valence electrons. The average molecular weight is 382 g/mol. The topological polar surface area (TPSA) is 74.0 Å². The SMILES string of the molecule is O=C(NNC(=O)c1cc2c(F)cccc2s1)c1cc(Br)c[nH]1. The molecule has 0 radical (unpaired) electrons. The second-order valence-corrected chi connectivity index (χ2v) is 6.40. The van der Waals surface area contributed by atoms with Crippen LogP contribution in [0.4, 0.5) is 4.39 Å². The van der Waals surface area contributed by atoms with Crippen LogP contribution < -0.4 is 10.9 Å². The van der Waals surface area contributed by atoms with Gasteiger partial charge in [-0.1, -0.05) is 6.07 Å². The Hall–Kier alpha value is -2.19. The molecule has 0 atom stereocenters. The normalized spacial score (nSPS) is 10.6. The minimum atomic E-state index is -0.500. The van der Waals surface area contributed by atoms with Gasteiger partial charge in [-0.25, -0.2) is 4.39 Å². The van der Waals surface area contributed by atoms with Gasteiger partial charge in [0.25, 0.3) is 11.8 Å². The van der Waals surface area contributed by atoms with Crippen molar-refractivity contribution in [1.29, 1.82) is 0 Å². The smallest absolute Gasteiger partial charge is 0.286 e. The minimum Gasteiger partial charge on any atom is -0.356 e. The largest absolute Gasteiger partial charge is 0.356 e. The fourth-order valence-electron chi connectivity index (χ4n) is 1.88. The van der Waals surface area contributed by atoms with Gasteiger partial charge in [-0.2, -0.15) is 0 Å². The highest BCUT2D eigenvalue weighted by atomic mass is 79.9. The molecular weight excluding hydrogens is 373 g/mol. The molecule has 0 fully saturated rings. The van der Waals surface area contributed by atoms with Crippen LogP contribution in [-0.2, 0) is 0 Å². The number of benzene rings is 1. The predicted molar refractivity (Wildman–Crippen MR) is 85.2 cm³/mol.